The number of hydrogen-bond acceptors (Lipinski definition) is 4. The van der Waals surface area contributed by atoms with Crippen LogP contribution in [0.3, 0.4) is 0 Å². The maximum Gasteiger partial charge on any atom is 0.147 e. The Balaban J connectivity index is 2.02. The van der Waals surface area contributed by atoms with E-state index in [2.05, 4.69) is 27.9 Å². The molecule has 1 atom stereocenters. The second kappa shape index (κ2) is 7.04. The molecule has 0 spiro atoms. The van der Waals surface area contributed by atoms with Crippen molar-refractivity contribution in [3.8, 4) is 0 Å². The molecule has 0 amide bonds. The Morgan fingerprint density at radius 1 is 1.33 bits per heavy atom. The summed E-state index contributed by atoms with van der Waals surface area (Å²) in [5.74, 6) is 0.250. The van der Waals surface area contributed by atoms with Gasteiger partial charge in [0.15, 0.2) is 0 Å². The average molecular weight is 309 g/mol. The van der Waals surface area contributed by atoms with Crippen LogP contribution < -0.4 is 5.32 Å². The minimum atomic E-state index is -2.88. The van der Waals surface area contributed by atoms with Gasteiger partial charge in [0.25, 0.3) is 0 Å². The van der Waals surface area contributed by atoms with Crippen molar-refractivity contribution >= 4 is 20.9 Å². The van der Waals surface area contributed by atoms with E-state index < -0.39 is 9.84 Å². The number of sulfone groups is 1. The molecule has 0 aliphatic heterocycles. The second-order valence-electron chi connectivity index (χ2n) is 5.41. The normalized spacial score (nSPS) is 13.6. The van der Waals surface area contributed by atoms with E-state index in [0.717, 1.165) is 30.5 Å². The summed E-state index contributed by atoms with van der Waals surface area (Å²) < 4.78 is 24.6. The van der Waals surface area contributed by atoms with Gasteiger partial charge in [0.1, 0.15) is 9.84 Å². The lowest BCUT2D eigenvalue weighted by molar-refractivity contribution is 0.433. The number of aromatic nitrogens is 2. The number of nitrogens with one attached hydrogen (secondary N) is 1. The number of hydrogen-bond donors (Lipinski definition) is 1. The summed E-state index contributed by atoms with van der Waals surface area (Å²) in [5, 5.41) is 3.43. The van der Waals surface area contributed by atoms with Gasteiger partial charge in [-0.2, -0.15) is 0 Å². The van der Waals surface area contributed by atoms with E-state index in [4.69, 9.17) is 0 Å². The third-order valence-electron chi connectivity index (χ3n) is 3.50. The number of likely N-dealkylation sites (N-methyl/N-ethyl adjacent to an activating group) is 1. The van der Waals surface area contributed by atoms with Gasteiger partial charge in [0.05, 0.1) is 17.4 Å². The molecule has 5 nitrogen and oxygen atoms in total. The van der Waals surface area contributed by atoms with Gasteiger partial charge in [-0.1, -0.05) is 19.1 Å². The Hall–Kier alpha value is -1.40. The highest BCUT2D eigenvalue weighted by atomic mass is 32.2. The first-order valence-corrected chi connectivity index (χ1v) is 9.36. The van der Waals surface area contributed by atoms with Crippen LogP contribution in [0, 0.1) is 0 Å². The average Bonchev–Trinajstić information content (AvgIpc) is 2.81. The van der Waals surface area contributed by atoms with Crippen LogP contribution in [0.25, 0.3) is 11.0 Å². The van der Waals surface area contributed by atoms with Crippen LogP contribution in [-0.4, -0.2) is 42.6 Å². The zero-order valence-electron chi connectivity index (χ0n) is 12.6. The monoisotopic (exact) mass is 309 g/mol. The molecule has 1 N–H and O–H groups in total. The number of para-hydroxylation sites is 2. The van der Waals surface area contributed by atoms with E-state index in [-0.39, 0.29) is 11.8 Å². The highest BCUT2D eigenvalue weighted by molar-refractivity contribution is 7.90. The van der Waals surface area contributed by atoms with Crippen molar-refractivity contribution in [2.45, 2.75) is 32.4 Å². The van der Waals surface area contributed by atoms with Gasteiger partial charge in [0.2, 0.25) is 0 Å². The Morgan fingerprint density at radius 3 is 2.81 bits per heavy atom. The standard InChI is InChI=1S/C15H23N3O2S/c1-3-16-13(7-6-10-21(2,19)20)11-18-12-17-14-8-4-5-9-15(14)18/h4-5,8-9,12-13,16H,3,6-7,10-11H2,1-2H3. The van der Waals surface area contributed by atoms with Gasteiger partial charge >= 0.3 is 0 Å². The number of imidazole rings is 1. The minimum absolute atomic E-state index is 0.250. The molecule has 1 aromatic heterocycles. The fourth-order valence-corrected chi connectivity index (χ4v) is 3.22. The van der Waals surface area contributed by atoms with Crippen molar-refractivity contribution in [3.63, 3.8) is 0 Å². The van der Waals surface area contributed by atoms with Crippen molar-refractivity contribution in [2.24, 2.45) is 0 Å². The third kappa shape index (κ3) is 4.82. The molecule has 0 aliphatic carbocycles. The first kappa shape index (κ1) is 16.0. The zero-order chi connectivity index (χ0) is 15.3. The van der Waals surface area contributed by atoms with Gasteiger partial charge in [-0.25, -0.2) is 13.4 Å². The summed E-state index contributed by atoms with van der Waals surface area (Å²) in [7, 11) is -2.88. The molecule has 0 saturated heterocycles. The summed E-state index contributed by atoms with van der Waals surface area (Å²) >= 11 is 0. The van der Waals surface area contributed by atoms with Gasteiger partial charge < -0.3 is 9.88 Å². The lowest BCUT2D eigenvalue weighted by Gasteiger charge is -2.18. The van der Waals surface area contributed by atoms with E-state index in [0.29, 0.717) is 6.42 Å². The lowest BCUT2D eigenvalue weighted by Crippen LogP contribution is -2.33. The third-order valence-corrected chi connectivity index (χ3v) is 4.54. The first-order chi connectivity index (χ1) is 9.99. The van der Waals surface area contributed by atoms with Crippen LogP contribution in [0.4, 0.5) is 0 Å². The van der Waals surface area contributed by atoms with Crippen LogP contribution >= 0.6 is 0 Å². The number of rotatable bonds is 8. The molecule has 0 bridgehead atoms. The van der Waals surface area contributed by atoms with Gasteiger partial charge in [-0.15, -0.1) is 0 Å². The molecule has 21 heavy (non-hydrogen) atoms. The first-order valence-electron chi connectivity index (χ1n) is 7.30. The van der Waals surface area contributed by atoms with Crippen molar-refractivity contribution < 1.29 is 8.42 Å². The summed E-state index contributed by atoms with van der Waals surface area (Å²) in [6.07, 6.45) is 4.67. The highest BCUT2D eigenvalue weighted by Crippen LogP contribution is 2.13. The molecule has 0 radical (unpaired) electrons. The SMILES string of the molecule is CCNC(CCCS(C)(=O)=O)Cn1cnc2ccccc21. The fourth-order valence-electron chi connectivity index (χ4n) is 2.53. The van der Waals surface area contributed by atoms with E-state index in [1.165, 1.54) is 6.26 Å². The number of nitrogens with zero attached hydrogens (tertiary/aromatic N) is 2. The molecule has 1 unspecified atom stereocenters. The van der Waals surface area contributed by atoms with Gasteiger partial charge in [0, 0.05) is 24.6 Å². The maximum absolute atomic E-state index is 11.2. The van der Waals surface area contributed by atoms with E-state index in [1.54, 1.807) is 0 Å². The van der Waals surface area contributed by atoms with Gasteiger partial charge in [-0.05, 0) is 31.5 Å². The Labute approximate surface area is 126 Å². The summed E-state index contributed by atoms with van der Waals surface area (Å²) in [5.41, 5.74) is 2.10. The molecular weight excluding hydrogens is 286 g/mol. The summed E-state index contributed by atoms with van der Waals surface area (Å²) in [6.45, 7) is 3.74. The molecule has 0 saturated carbocycles. The Bertz CT molecular complexity index is 679. The lowest BCUT2D eigenvalue weighted by atomic mass is 10.1. The summed E-state index contributed by atoms with van der Waals surface area (Å²) in [6, 6.07) is 8.30. The Morgan fingerprint density at radius 2 is 2.10 bits per heavy atom. The van der Waals surface area contributed by atoms with Crippen LogP contribution in [0.5, 0.6) is 0 Å². The van der Waals surface area contributed by atoms with Crippen LogP contribution in [0.2, 0.25) is 0 Å². The molecule has 1 heterocycles. The molecule has 0 aliphatic rings. The highest BCUT2D eigenvalue weighted by Gasteiger charge is 2.12. The van der Waals surface area contributed by atoms with E-state index >= 15 is 0 Å². The van der Waals surface area contributed by atoms with E-state index in [1.807, 2.05) is 24.5 Å². The summed E-state index contributed by atoms with van der Waals surface area (Å²) in [4.78, 5) is 4.39. The smallest absolute Gasteiger partial charge is 0.147 e. The Kier molecular flexibility index (Phi) is 5.36. The van der Waals surface area contributed by atoms with Crippen LogP contribution in [-0.2, 0) is 16.4 Å². The maximum atomic E-state index is 11.2. The molecule has 2 rings (SSSR count). The van der Waals surface area contributed by atoms with Crippen molar-refractivity contribution in [1.82, 2.24) is 14.9 Å². The van der Waals surface area contributed by atoms with Crippen molar-refractivity contribution in [1.29, 1.82) is 0 Å². The fraction of sp³-hybridized carbons (Fsp3) is 0.533. The molecule has 2 aromatic rings. The predicted octanol–water partition coefficient (Wildman–Crippen LogP) is 1.84. The van der Waals surface area contributed by atoms with Crippen LogP contribution in [0.1, 0.15) is 19.8 Å². The largest absolute Gasteiger partial charge is 0.329 e. The minimum Gasteiger partial charge on any atom is -0.329 e. The number of benzene rings is 1. The second-order valence-corrected chi connectivity index (χ2v) is 7.67. The van der Waals surface area contributed by atoms with E-state index in [9.17, 15) is 8.42 Å². The molecule has 116 valence electrons. The quantitative estimate of drug-likeness (QED) is 0.808. The number of fused-ring (bicyclic) bond motifs is 1. The molecular formula is C15H23N3O2S. The van der Waals surface area contributed by atoms with Gasteiger partial charge in [-0.3, -0.25) is 0 Å². The molecule has 1 aromatic carbocycles. The molecule has 6 heteroatoms. The van der Waals surface area contributed by atoms with Crippen LogP contribution in [0.15, 0.2) is 30.6 Å². The zero-order valence-corrected chi connectivity index (χ0v) is 13.4. The van der Waals surface area contributed by atoms with Crippen molar-refractivity contribution in [3.05, 3.63) is 30.6 Å². The van der Waals surface area contributed by atoms with Crippen molar-refractivity contribution in [2.75, 3.05) is 18.6 Å². The topological polar surface area (TPSA) is 64.0 Å². The predicted molar refractivity (Wildman–Crippen MR) is 86.1 cm³/mol. The molecule has 0 fully saturated rings.